The van der Waals surface area contributed by atoms with Gasteiger partial charge in [0.2, 0.25) is 11.7 Å². The molecule has 0 aliphatic carbocycles. The van der Waals surface area contributed by atoms with Crippen LogP contribution in [0.2, 0.25) is 0 Å². The van der Waals surface area contributed by atoms with Gasteiger partial charge in [0.25, 0.3) is 5.91 Å². The minimum absolute atomic E-state index is 0.0101. The summed E-state index contributed by atoms with van der Waals surface area (Å²) < 4.78 is 5.30. The number of nitrogens with one attached hydrogen (secondary N) is 1. The molecule has 1 saturated heterocycles. The fourth-order valence-electron chi connectivity index (χ4n) is 3.48. The highest BCUT2D eigenvalue weighted by Gasteiger charge is 2.20. The number of rotatable bonds is 5. The van der Waals surface area contributed by atoms with Crippen molar-refractivity contribution in [3.05, 3.63) is 36.1 Å². The third-order valence-electron chi connectivity index (χ3n) is 5.00. The molecule has 6 N–H and O–H groups in total. The number of nitrogen functional groups attached to an aromatic ring is 2. The summed E-state index contributed by atoms with van der Waals surface area (Å²) in [5.41, 5.74) is 13.6. The molecule has 10 heteroatoms. The molecule has 1 aromatic carbocycles. The molecule has 2 aromatic heterocycles. The average molecular weight is 397 g/mol. The van der Waals surface area contributed by atoms with Crippen LogP contribution in [0.5, 0.6) is 0 Å². The molecule has 0 spiro atoms. The highest BCUT2D eigenvalue weighted by Crippen LogP contribution is 2.26. The fourth-order valence-corrected chi connectivity index (χ4v) is 3.48. The standard InChI is InChI=1S/C19H23N7O3/c20-16-15-14(11-29-18(15)24-19(21)23-16)17(28)22-12-1-3-13(4-2-12)26-7-5-25(6-8-26)9-10-27/h1-4,11,27H,5-10H2,(H,22,28)(H4,20,21,23,24). The Balaban J connectivity index is 1.44. The van der Waals surface area contributed by atoms with Crippen molar-refractivity contribution in [2.24, 2.45) is 0 Å². The largest absolute Gasteiger partial charge is 0.445 e. The second-order valence-corrected chi connectivity index (χ2v) is 6.85. The van der Waals surface area contributed by atoms with Crippen molar-refractivity contribution < 1.29 is 14.3 Å². The van der Waals surface area contributed by atoms with Gasteiger partial charge in [-0.3, -0.25) is 9.69 Å². The SMILES string of the molecule is Nc1nc(N)c2c(C(=O)Nc3ccc(N4CCN(CCO)CC4)cc3)coc2n1. The van der Waals surface area contributed by atoms with Crippen LogP contribution in [0.4, 0.5) is 23.1 Å². The number of amides is 1. The van der Waals surface area contributed by atoms with Crippen molar-refractivity contribution in [1.29, 1.82) is 0 Å². The second kappa shape index (κ2) is 7.94. The van der Waals surface area contributed by atoms with E-state index in [9.17, 15) is 4.79 Å². The summed E-state index contributed by atoms with van der Waals surface area (Å²) in [6, 6.07) is 7.66. The molecule has 3 heterocycles. The molecule has 0 radical (unpaired) electrons. The molecule has 29 heavy (non-hydrogen) atoms. The number of fused-ring (bicyclic) bond motifs is 1. The van der Waals surface area contributed by atoms with Gasteiger partial charge in [-0.1, -0.05) is 0 Å². The summed E-state index contributed by atoms with van der Waals surface area (Å²) in [6.45, 7) is 4.53. The quantitative estimate of drug-likeness (QED) is 0.490. The highest BCUT2D eigenvalue weighted by atomic mass is 16.3. The van der Waals surface area contributed by atoms with Crippen LogP contribution >= 0.6 is 0 Å². The topological polar surface area (TPSA) is 147 Å². The van der Waals surface area contributed by atoms with Gasteiger partial charge in [-0.05, 0) is 24.3 Å². The second-order valence-electron chi connectivity index (χ2n) is 6.85. The maximum absolute atomic E-state index is 12.7. The van der Waals surface area contributed by atoms with E-state index in [1.54, 1.807) is 0 Å². The van der Waals surface area contributed by atoms with Gasteiger partial charge in [0, 0.05) is 44.1 Å². The van der Waals surface area contributed by atoms with Crippen LogP contribution in [0.3, 0.4) is 0 Å². The Morgan fingerprint density at radius 2 is 1.86 bits per heavy atom. The van der Waals surface area contributed by atoms with Gasteiger partial charge in [0.05, 0.1) is 17.6 Å². The van der Waals surface area contributed by atoms with Crippen LogP contribution in [0.15, 0.2) is 34.9 Å². The Morgan fingerprint density at radius 3 is 2.55 bits per heavy atom. The first-order chi connectivity index (χ1) is 14.0. The highest BCUT2D eigenvalue weighted by molar-refractivity contribution is 6.14. The first-order valence-electron chi connectivity index (χ1n) is 9.35. The lowest BCUT2D eigenvalue weighted by molar-refractivity contribution is 0.102. The van der Waals surface area contributed by atoms with Crippen molar-refractivity contribution in [2.45, 2.75) is 0 Å². The third kappa shape index (κ3) is 3.93. The predicted octanol–water partition coefficient (Wildman–Crippen LogP) is 0.754. The third-order valence-corrected chi connectivity index (χ3v) is 5.00. The molecule has 0 saturated carbocycles. The van der Waals surface area contributed by atoms with Crippen molar-refractivity contribution in [3.8, 4) is 0 Å². The first-order valence-corrected chi connectivity index (χ1v) is 9.35. The molecule has 0 bridgehead atoms. The van der Waals surface area contributed by atoms with E-state index in [1.165, 1.54) is 6.26 Å². The van der Waals surface area contributed by atoms with Gasteiger partial charge in [0.1, 0.15) is 12.1 Å². The van der Waals surface area contributed by atoms with Gasteiger partial charge in [-0.15, -0.1) is 0 Å². The van der Waals surface area contributed by atoms with Gasteiger partial charge < -0.3 is 31.2 Å². The van der Waals surface area contributed by atoms with E-state index in [0.717, 1.165) is 31.9 Å². The minimum atomic E-state index is -0.366. The molecule has 4 rings (SSSR count). The number of nitrogens with zero attached hydrogens (tertiary/aromatic N) is 4. The number of nitrogens with two attached hydrogens (primary N) is 2. The summed E-state index contributed by atoms with van der Waals surface area (Å²) in [5, 5.41) is 12.2. The van der Waals surface area contributed by atoms with Crippen LogP contribution in [-0.2, 0) is 0 Å². The lowest BCUT2D eigenvalue weighted by Crippen LogP contribution is -2.47. The Kier molecular flexibility index (Phi) is 5.19. The van der Waals surface area contributed by atoms with Crippen LogP contribution in [0.1, 0.15) is 10.4 Å². The predicted molar refractivity (Wildman–Crippen MR) is 111 cm³/mol. The Morgan fingerprint density at radius 1 is 1.14 bits per heavy atom. The van der Waals surface area contributed by atoms with Crippen molar-refractivity contribution >= 4 is 40.1 Å². The molecule has 1 amide bonds. The van der Waals surface area contributed by atoms with E-state index in [0.29, 0.717) is 17.6 Å². The van der Waals surface area contributed by atoms with E-state index >= 15 is 0 Å². The molecule has 1 aliphatic rings. The summed E-state index contributed by atoms with van der Waals surface area (Å²) in [4.78, 5) is 25.0. The number of hydrogen-bond donors (Lipinski definition) is 4. The fraction of sp³-hybridized carbons (Fsp3) is 0.316. The van der Waals surface area contributed by atoms with Gasteiger partial charge in [-0.2, -0.15) is 9.97 Å². The zero-order chi connectivity index (χ0) is 20.4. The van der Waals surface area contributed by atoms with Crippen molar-refractivity contribution in [1.82, 2.24) is 14.9 Å². The number of furan rings is 1. The number of aliphatic hydroxyl groups excluding tert-OH is 1. The van der Waals surface area contributed by atoms with Crippen molar-refractivity contribution in [3.63, 3.8) is 0 Å². The molecule has 10 nitrogen and oxygen atoms in total. The average Bonchev–Trinajstić information content (AvgIpc) is 3.14. The zero-order valence-electron chi connectivity index (χ0n) is 15.8. The minimum Gasteiger partial charge on any atom is -0.445 e. The van der Waals surface area contributed by atoms with E-state index in [1.807, 2.05) is 24.3 Å². The molecule has 3 aromatic rings. The van der Waals surface area contributed by atoms with Gasteiger partial charge in [-0.25, -0.2) is 0 Å². The molecule has 1 aliphatic heterocycles. The monoisotopic (exact) mass is 397 g/mol. The molecule has 152 valence electrons. The number of piperazine rings is 1. The van der Waals surface area contributed by atoms with E-state index < -0.39 is 0 Å². The maximum atomic E-state index is 12.7. The number of β-amino-alcohol motifs (C(OH)–C–C–N with tert-alkyl or cyclic N) is 1. The zero-order valence-corrected chi connectivity index (χ0v) is 15.8. The number of anilines is 4. The molecule has 0 atom stereocenters. The number of aliphatic hydroxyl groups is 1. The Bertz CT molecular complexity index is 1010. The first kappa shape index (κ1) is 19.0. The number of carbonyl (C=O) groups is 1. The summed E-state index contributed by atoms with van der Waals surface area (Å²) in [6.07, 6.45) is 1.30. The van der Waals surface area contributed by atoms with Gasteiger partial charge >= 0.3 is 0 Å². The smallest absolute Gasteiger partial charge is 0.259 e. The summed E-state index contributed by atoms with van der Waals surface area (Å²) in [7, 11) is 0. The Hall–Kier alpha value is -3.37. The van der Waals surface area contributed by atoms with Crippen LogP contribution in [0.25, 0.3) is 11.1 Å². The van der Waals surface area contributed by atoms with Crippen LogP contribution in [0, 0.1) is 0 Å². The van der Waals surface area contributed by atoms with Crippen molar-refractivity contribution in [2.75, 3.05) is 61.0 Å². The number of hydrogen-bond acceptors (Lipinski definition) is 9. The van der Waals surface area contributed by atoms with Crippen LogP contribution in [-0.4, -0.2) is 65.2 Å². The number of aromatic nitrogens is 2. The lowest BCUT2D eigenvalue weighted by Gasteiger charge is -2.35. The molecular formula is C19H23N7O3. The normalized spacial score (nSPS) is 15.0. The lowest BCUT2D eigenvalue weighted by atomic mass is 10.2. The molecule has 1 fully saturated rings. The van der Waals surface area contributed by atoms with Gasteiger partial charge in [0.15, 0.2) is 0 Å². The maximum Gasteiger partial charge on any atom is 0.259 e. The number of benzene rings is 1. The number of carbonyl (C=O) groups excluding carboxylic acids is 1. The van der Waals surface area contributed by atoms with E-state index in [4.69, 9.17) is 21.0 Å². The summed E-state index contributed by atoms with van der Waals surface area (Å²) in [5.74, 6) is -0.277. The molecule has 0 unspecified atom stereocenters. The summed E-state index contributed by atoms with van der Waals surface area (Å²) >= 11 is 0. The van der Waals surface area contributed by atoms with Crippen LogP contribution < -0.4 is 21.7 Å². The molecular weight excluding hydrogens is 374 g/mol. The van der Waals surface area contributed by atoms with E-state index in [-0.39, 0.29) is 35.6 Å². The van der Waals surface area contributed by atoms with E-state index in [2.05, 4.69) is 25.1 Å². The Labute approximate surface area is 167 Å².